The third kappa shape index (κ3) is 2.71. The highest BCUT2D eigenvalue weighted by molar-refractivity contribution is 6.07. The molecule has 0 atom stereocenters. The van der Waals surface area contributed by atoms with E-state index in [0.717, 1.165) is 6.20 Å². The molecular weight excluding hydrogens is 233 g/mol. The lowest BCUT2D eigenvalue weighted by molar-refractivity contribution is 0.103. The number of aromatic nitrogens is 1. The Balaban J connectivity index is 2.28. The first-order chi connectivity index (χ1) is 8.70. The topological polar surface area (TPSA) is 39.2 Å². The predicted octanol–water partition coefficient (Wildman–Crippen LogP) is 2.85. The first-order valence-corrected chi connectivity index (χ1v) is 5.60. The van der Waals surface area contributed by atoms with Crippen LogP contribution < -0.4 is 4.74 Å². The minimum atomic E-state index is -0.463. The number of hydrogen-bond donors (Lipinski definition) is 0. The summed E-state index contributed by atoms with van der Waals surface area (Å²) in [6.45, 7) is 2.41. The molecule has 0 unspecified atom stereocenters. The van der Waals surface area contributed by atoms with Gasteiger partial charge in [0.1, 0.15) is 17.3 Å². The number of ether oxygens (including phenoxy) is 1. The summed E-state index contributed by atoms with van der Waals surface area (Å²) in [5.74, 6) is -0.0865. The molecule has 0 spiro atoms. The largest absolute Gasteiger partial charge is 0.494 e. The molecule has 1 heterocycles. The van der Waals surface area contributed by atoms with Gasteiger partial charge in [0.2, 0.25) is 5.78 Å². The van der Waals surface area contributed by atoms with Crippen LogP contribution in [0.5, 0.6) is 5.75 Å². The molecule has 3 nitrogen and oxygen atoms in total. The van der Waals surface area contributed by atoms with Crippen molar-refractivity contribution >= 4 is 5.78 Å². The van der Waals surface area contributed by atoms with Gasteiger partial charge >= 0.3 is 0 Å². The minimum absolute atomic E-state index is 0.213. The Bertz CT molecular complexity index is 552. The summed E-state index contributed by atoms with van der Waals surface area (Å²) in [4.78, 5) is 15.8. The van der Waals surface area contributed by atoms with E-state index in [4.69, 9.17) is 4.74 Å². The van der Waals surface area contributed by atoms with Crippen molar-refractivity contribution in [3.05, 3.63) is 59.7 Å². The van der Waals surface area contributed by atoms with Crippen LogP contribution in [0, 0.1) is 5.82 Å². The zero-order chi connectivity index (χ0) is 13.0. The normalized spacial score (nSPS) is 10.1. The SMILES string of the molecule is CCOc1cccc(C(=O)c2ccc(F)cn2)c1. The molecule has 2 rings (SSSR count). The number of ketones is 1. The molecule has 0 radical (unpaired) electrons. The molecule has 0 amide bonds. The maximum atomic E-state index is 12.7. The molecule has 0 aliphatic rings. The van der Waals surface area contributed by atoms with Gasteiger partial charge in [0, 0.05) is 5.56 Å². The average Bonchev–Trinajstić information content (AvgIpc) is 2.39. The van der Waals surface area contributed by atoms with Crippen LogP contribution in [0.25, 0.3) is 0 Å². The van der Waals surface area contributed by atoms with E-state index in [-0.39, 0.29) is 11.5 Å². The van der Waals surface area contributed by atoms with Gasteiger partial charge < -0.3 is 4.74 Å². The monoisotopic (exact) mass is 245 g/mol. The molecule has 2 aromatic rings. The Hall–Kier alpha value is -2.23. The van der Waals surface area contributed by atoms with Crippen molar-refractivity contribution in [2.45, 2.75) is 6.92 Å². The molecule has 18 heavy (non-hydrogen) atoms. The zero-order valence-corrected chi connectivity index (χ0v) is 9.89. The Morgan fingerprint density at radius 2 is 2.17 bits per heavy atom. The molecule has 1 aromatic carbocycles. The summed E-state index contributed by atoms with van der Waals surface area (Å²) in [6.07, 6.45) is 1.03. The van der Waals surface area contributed by atoms with E-state index in [1.807, 2.05) is 6.92 Å². The Kier molecular flexibility index (Phi) is 3.67. The van der Waals surface area contributed by atoms with Crippen molar-refractivity contribution in [3.8, 4) is 5.75 Å². The molecule has 4 heteroatoms. The van der Waals surface area contributed by atoms with Gasteiger partial charge in [-0.25, -0.2) is 9.37 Å². The van der Waals surface area contributed by atoms with Gasteiger partial charge in [0.05, 0.1) is 12.8 Å². The van der Waals surface area contributed by atoms with E-state index < -0.39 is 5.82 Å². The summed E-state index contributed by atoms with van der Waals surface area (Å²) < 4.78 is 18.0. The van der Waals surface area contributed by atoms with Crippen LogP contribution >= 0.6 is 0 Å². The van der Waals surface area contributed by atoms with E-state index >= 15 is 0 Å². The van der Waals surface area contributed by atoms with Crippen molar-refractivity contribution < 1.29 is 13.9 Å². The smallest absolute Gasteiger partial charge is 0.211 e. The molecule has 0 N–H and O–H groups in total. The van der Waals surface area contributed by atoms with Crippen molar-refractivity contribution in [1.82, 2.24) is 4.98 Å². The summed E-state index contributed by atoms with van der Waals surface area (Å²) in [7, 11) is 0. The third-order valence-corrected chi connectivity index (χ3v) is 2.37. The molecule has 0 saturated heterocycles. The highest BCUT2D eigenvalue weighted by Gasteiger charge is 2.11. The fourth-order valence-electron chi connectivity index (χ4n) is 1.55. The molecule has 0 aliphatic heterocycles. The second kappa shape index (κ2) is 5.40. The second-order valence-corrected chi connectivity index (χ2v) is 3.65. The van der Waals surface area contributed by atoms with E-state index in [2.05, 4.69) is 4.98 Å². The van der Waals surface area contributed by atoms with Crippen molar-refractivity contribution in [2.24, 2.45) is 0 Å². The minimum Gasteiger partial charge on any atom is -0.494 e. The lowest BCUT2D eigenvalue weighted by Gasteiger charge is -2.05. The number of hydrogen-bond acceptors (Lipinski definition) is 3. The van der Waals surface area contributed by atoms with Crippen molar-refractivity contribution in [3.63, 3.8) is 0 Å². The Morgan fingerprint density at radius 3 is 2.83 bits per heavy atom. The summed E-state index contributed by atoms with van der Waals surface area (Å²) in [5, 5.41) is 0. The number of nitrogens with zero attached hydrogens (tertiary/aromatic N) is 1. The summed E-state index contributed by atoms with van der Waals surface area (Å²) in [5.41, 5.74) is 0.685. The van der Waals surface area contributed by atoms with Gasteiger partial charge in [-0.05, 0) is 31.2 Å². The first-order valence-electron chi connectivity index (χ1n) is 5.60. The van der Waals surface area contributed by atoms with Gasteiger partial charge in [-0.2, -0.15) is 0 Å². The number of rotatable bonds is 4. The maximum absolute atomic E-state index is 12.7. The van der Waals surface area contributed by atoms with Gasteiger partial charge in [-0.1, -0.05) is 12.1 Å². The Labute approximate surface area is 104 Å². The van der Waals surface area contributed by atoms with Crippen LogP contribution in [-0.4, -0.2) is 17.4 Å². The fraction of sp³-hybridized carbons (Fsp3) is 0.143. The fourth-order valence-corrected chi connectivity index (χ4v) is 1.55. The van der Waals surface area contributed by atoms with E-state index in [1.165, 1.54) is 12.1 Å². The Morgan fingerprint density at radius 1 is 1.33 bits per heavy atom. The molecule has 0 bridgehead atoms. The van der Waals surface area contributed by atoms with Crippen LogP contribution in [0.2, 0.25) is 0 Å². The molecule has 0 aliphatic carbocycles. The number of carbonyl (C=O) groups excluding carboxylic acids is 1. The van der Waals surface area contributed by atoms with Gasteiger partial charge in [0.15, 0.2) is 0 Å². The van der Waals surface area contributed by atoms with Crippen LogP contribution in [0.1, 0.15) is 23.0 Å². The number of carbonyl (C=O) groups is 1. The standard InChI is InChI=1S/C14H12FNO2/c1-2-18-12-5-3-4-10(8-12)14(17)13-7-6-11(15)9-16-13/h3-9H,2H2,1H3. The van der Waals surface area contributed by atoms with E-state index in [9.17, 15) is 9.18 Å². The van der Waals surface area contributed by atoms with Crippen LogP contribution in [0.4, 0.5) is 4.39 Å². The highest BCUT2D eigenvalue weighted by Crippen LogP contribution is 2.16. The summed E-state index contributed by atoms with van der Waals surface area (Å²) >= 11 is 0. The second-order valence-electron chi connectivity index (χ2n) is 3.65. The van der Waals surface area contributed by atoms with Crippen molar-refractivity contribution in [2.75, 3.05) is 6.61 Å². The van der Waals surface area contributed by atoms with E-state index in [1.54, 1.807) is 24.3 Å². The predicted molar refractivity (Wildman–Crippen MR) is 65.2 cm³/mol. The van der Waals surface area contributed by atoms with E-state index in [0.29, 0.717) is 17.9 Å². The van der Waals surface area contributed by atoms with Gasteiger partial charge in [-0.3, -0.25) is 4.79 Å². The average molecular weight is 245 g/mol. The lowest BCUT2D eigenvalue weighted by atomic mass is 10.1. The number of pyridine rings is 1. The maximum Gasteiger partial charge on any atom is 0.211 e. The molecular formula is C14H12FNO2. The number of halogens is 1. The molecule has 0 saturated carbocycles. The molecule has 92 valence electrons. The van der Waals surface area contributed by atoms with Gasteiger partial charge in [0.25, 0.3) is 0 Å². The third-order valence-electron chi connectivity index (χ3n) is 2.37. The molecule has 0 fully saturated rings. The van der Waals surface area contributed by atoms with Crippen molar-refractivity contribution in [1.29, 1.82) is 0 Å². The van der Waals surface area contributed by atoms with Crippen LogP contribution in [-0.2, 0) is 0 Å². The molecule has 1 aromatic heterocycles. The van der Waals surface area contributed by atoms with Gasteiger partial charge in [-0.15, -0.1) is 0 Å². The van der Waals surface area contributed by atoms with Crippen LogP contribution in [0.15, 0.2) is 42.6 Å². The summed E-state index contributed by atoms with van der Waals surface area (Å²) in [6, 6.07) is 9.42. The highest BCUT2D eigenvalue weighted by atomic mass is 19.1. The van der Waals surface area contributed by atoms with Crippen LogP contribution in [0.3, 0.4) is 0 Å². The quantitative estimate of drug-likeness (QED) is 0.777. The zero-order valence-electron chi connectivity index (χ0n) is 9.89. The lowest BCUT2D eigenvalue weighted by Crippen LogP contribution is -2.04. The number of benzene rings is 1. The first kappa shape index (κ1) is 12.2.